The van der Waals surface area contributed by atoms with Crippen LogP contribution in [0, 0.1) is 18.3 Å². The molecule has 1 heterocycles. The Bertz CT molecular complexity index is 454. The Labute approximate surface area is 102 Å². The molecule has 17 heavy (non-hydrogen) atoms. The van der Waals surface area contributed by atoms with Crippen molar-refractivity contribution in [1.29, 1.82) is 0 Å². The lowest BCUT2D eigenvalue weighted by Crippen LogP contribution is -2.27. The van der Waals surface area contributed by atoms with Gasteiger partial charge in [-0.05, 0) is 30.7 Å². The van der Waals surface area contributed by atoms with E-state index in [4.69, 9.17) is 5.73 Å². The number of carbonyl (C=O) groups is 1. The van der Waals surface area contributed by atoms with E-state index in [1.54, 1.807) is 6.07 Å². The number of hydrogen-bond donors (Lipinski definition) is 2. The molecule has 1 aliphatic rings. The van der Waals surface area contributed by atoms with Crippen LogP contribution in [-0.2, 0) is 0 Å². The number of amides is 1. The Morgan fingerprint density at radius 1 is 1.65 bits per heavy atom. The van der Waals surface area contributed by atoms with E-state index in [-0.39, 0.29) is 5.91 Å². The average Bonchev–Trinajstić information content (AvgIpc) is 2.83. The zero-order chi connectivity index (χ0) is 12.6. The van der Waals surface area contributed by atoms with Crippen molar-refractivity contribution >= 4 is 11.6 Å². The number of hydrogen-bond acceptors (Lipinski definition) is 3. The van der Waals surface area contributed by atoms with Crippen LogP contribution in [0.25, 0.3) is 0 Å². The molecule has 1 aromatic heterocycles. The van der Waals surface area contributed by atoms with E-state index in [9.17, 15) is 4.79 Å². The topological polar surface area (TPSA) is 68.0 Å². The second kappa shape index (κ2) is 4.02. The van der Waals surface area contributed by atoms with Crippen molar-refractivity contribution in [3.8, 4) is 0 Å². The molecule has 1 amide bonds. The summed E-state index contributed by atoms with van der Waals surface area (Å²) >= 11 is 0. The van der Waals surface area contributed by atoms with Crippen molar-refractivity contribution in [2.75, 3.05) is 12.3 Å². The smallest absolute Gasteiger partial charge is 0.254 e. The van der Waals surface area contributed by atoms with Gasteiger partial charge in [0.05, 0.1) is 5.56 Å². The fourth-order valence-corrected chi connectivity index (χ4v) is 2.01. The van der Waals surface area contributed by atoms with Crippen LogP contribution in [0.4, 0.5) is 5.69 Å². The van der Waals surface area contributed by atoms with Gasteiger partial charge in [-0.1, -0.05) is 13.8 Å². The van der Waals surface area contributed by atoms with Gasteiger partial charge in [0.15, 0.2) is 0 Å². The zero-order valence-electron chi connectivity index (χ0n) is 10.6. The van der Waals surface area contributed by atoms with Crippen LogP contribution in [0.2, 0.25) is 0 Å². The number of nitrogens with zero attached hydrogens (tertiary/aromatic N) is 1. The van der Waals surface area contributed by atoms with Gasteiger partial charge in [-0.25, -0.2) is 0 Å². The lowest BCUT2D eigenvalue weighted by Gasteiger charge is -2.08. The molecule has 1 unspecified atom stereocenters. The number of nitrogen functional groups attached to an aromatic ring is 1. The standard InChI is InChI=1S/C13H19N3O/c1-8-4-11(14)10(7-15-8)12(17)16-6-9-5-13(9,2)3/h4,7,9H,5-6H2,1-3H3,(H2,14,15)(H,16,17). The van der Waals surface area contributed by atoms with E-state index in [1.165, 1.54) is 12.6 Å². The SMILES string of the molecule is Cc1cc(N)c(C(=O)NCC2CC2(C)C)cn1. The summed E-state index contributed by atoms with van der Waals surface area (Å²) in [6, 6.07) is 1.72. The minimum absolute atomic E-state index is 0.127. The quantitative estimate of drug-likeness (QED) is 0.835. The van der Waals surface area contributed by atoms with Gasteiger partial charge in [-0.3, -0.25) is 9.78 Å². The average molecular weight is 233 g/mol. The maximum absolute atomic E-state index is 11.9. The van der Waals surface area contributed by atoms with E-state index in [0.717, 1.165) is 12.2 Å². The van der Waals surface area contributed by atoms with Crippen LogP contribution in [0.5, 0.6) is 0 Å². The summed E-state index contributed by atoms with van der Waals surface area (Å²) in [5.41, 5.74) is 7.96. The molecule has 0 radical (unpaired) electrons. The number of carbonyl (C=O) groups excluding carboxylic acids is 1. The summed E-state index contributed by atoms with van der Waals surface area (Å²) in [6.45, 7) is 7.00. The number of anilines is 1. The molecule has 3 N–H and O–H groups in total. The molecule has 0 saturated heterocycles. The normalized spacial score (nSPS) is 21.0. The Balaban J connectivity index is 1.96. The van der Waals surface area contributed by atoms with E-state index >= 15 is 0 Å². The molecule has 0 spiro atoms. The fraction of sp³-hybridized carbons (Fsp3) is 0.538. The van der Waals surface area contributed by atoms with Crippen molar-refractivity contribution in [3.63, 3.8) is 0 Å². The fourth-order valence-electron chi connectivity index (χ4n) is 2.01. The molecular formula is C13H19N3O. The van der Waals surface area contributed by atoms with Gasteiger partial charge in [0.2, 0.25) is 0 Å². The molecule has 1 aliphatic carbocycles. The van der Waals surface area contributed by atoms with E-state index in [2.05, 4.69) is 24.1 Å². The molecule has 1 saturated carbocycles. The monoisotopic (exact) mass is 233 g/mol. The number of aryl methyl sites for hydroxylation is 1. The third kappa shape index (κ3) is 2.57. The van der Waals surface area contributed by atoms with Gasteiger partial charge in [0.25, 0.3) is 5.91 Å². The van der Waals surface area contributed by atoms with Crippen molar-refractivity contribution in [3.05, 3.63) is 23.5 Å². The number of nitrogens with one attached hydrogen (secondary N) is 1. The van der Waals surface area contributed by atoms with Gasteiger partial charge in [0, 0.05) is 24.1 Å². The van der Waals surface area contributed by atoms with Crippen LogP contribution >= 0.6 is 0 Å². The largest absolute Gasteiger partial charge is 0.398 e. The molecule has 1 aromatic rings. The second-order valence-electron chi connectivity index (χ2n) is 5.51. The van der Waals surface area contributed by atoms with Crippen LogP contribution in [0.15, 0.2) is 12.3 Å². The van der Waals surface area contributed by atoms with E-state index < -0.39 is 0 Å². The lowest BCUT2D eigenvalue weighted by molar-refractivity contribution is 0.0951. The molecule has 4 heteroatoms. The first-order chi connectivity index (χ1) is 7.90. The van der Waals surface area contributed by atoms with Gasteiger partial charge >= 0.3 is 0 Å². The van der Waals surface area contributed by atoms with Crippen molar-refractivity contribution in [1.82, 2.24) is 10.3 Å². The Kier molecular flexibility index (Phi) is 2.81. The lowest BCUT2D eigenvalue weighted by atomic mass is 10.1. The van der Waals surface area contributed by atoms with Crippen molar-refractivity contribution < 1.29 is 4.79 Å². The molecular weight excluding hydrogens is 214 g/mol. The molecule has 0 bridgehead atoms. The maximum Gasteiger partial charge on any atom is 0.254 e. The summed E-state index contributed by atoms with van der Waals surface area (Å²) in [4.78, 5) is 16.0. The van der Waals surface area contributed by atoms with Crippen molar-refractivity contribution in [2.45, 2.75) is 27.2 Å². The number of aromatic nitrogens is 1. The third-order valence-corrected chi connectivity index (χ3v) is 3.54. The molecule has 0 aromatic carbocycles. The Morgan fingerprint density at radius 2 is 2.29 bits per heavy atom. The van der Waals surface area contributed by atoms with E-state index in [0.29, 0.717) is 22.6 Å². The Morgan fingerprint density at radius 3 is 2.82 bits per heavy atom. The van der Waals surface area contributed by atoms with Gasteiger partial charge in [-0.15, -0.1) is 0 Å². The van der Waals surface area contributed by atoms with Crippen molar-refractivity contribution in [2.24, 2.45) is 11.3 Å². The molecule has 1 fully saturated rings. The summed E-state index contributed by atoms with van der Waals surface area (Å²) < 4.78 is 0. The summed E-state index contributed by atoms with van der Waals surface area (Å²) in [7, 11) is 0. The molecule has 4 nitrogen and oxygen atoms in total. The number of pyridine rings is 1. The first kappa shape index (κ1) is 11.9. The first-order valence-corrected chi connectivity index (χ1v) is 5.90. The van der Waals surface area contributed by atoms with E-state index in [1.807, 2.05) is 6.92 Å². The first-order valence-electron chi connectivity index (χ1n) is 5.90. The highest BCUT2D eigenvalue weighted by molar-refractivity contribution is 5.98. The summed E-state index contributed by atoms with van der Waals surface area (Å²) in [5.74, 6) is 0.462. The molecule has 1 atom stereocenters. The zero-order valence-corrected chi connectivity index (χ0v) is 10.6. The molecule has 92 valence electrons. The molecule has 2 rings (SSSR count). The van der Waals surface area contributed by atoms with Gasteiger partial charge in [-0.2, -0.15) is 0 Å². The second-order valence-corrected chi connectivity index (χ2v) is 5.51. The minimum atomic E-state index is -0.127. The summed E-state index contributed by atoms with van der Waals surface area (Å²) in [5, 5.41) is 2.92. The van der Waals surface area contributed by atoms with Crippen LogP contribution < -0.4 is 11.1 Å². The highest BCUT2D eigenvalue weighted by Gasteiger charge is 2.45. The van der Waals surface area contributed by atoms with Crippen LogP contribution in [0.1, 0.15) is 36.3 Å². The predicted octanol–water partition coefficient (Wildman–Crippen LogP) is 1.75. The van der Waals surface area contributed by atoms with Crippen LogP contribution in [-0.4, -0.2) is 17.4 Å². The van der Waals surface area contributed by atoms with Gasteiger partial charge in [0.1, 0.15) is 0 Å². The highest BCUT2D eigenvalue weighted by Crippen LogP contribution is 2.50. The Hall–Kier alpha value is -1.58. The molecule has 0 aliphatic heterocycles. The predicted molar refractivity (Wildman–Crippen MR) is 67.6 cm³/mol. The minimum Gasteiger partial charge on any atom is -0.398 e. The number of nitrogens with two attached hydrogens (primary N) is 1. The summed E-state index contributed by atoms with van der Waals surface area (Å²) in [6.07, 6.45) is 2.72. The van der Waals surface area contributed by atoms with Crippen LogP contribution in [0.3, 0.4) is 0 Å². The number of rotatable bonds is 3. The maximum atomic E-state index is 11.9. The third-order valence-electron chi connectivity index (χ3n) is 3.54. The highest BCUT2D eigenvalue weighted by atomic mass is 16.1. The van der Waals surface area contributed by atoms with Gasteiger partial charge < -0.3 is 11.1 Å².